The maximum absolute atomic E-state index is 12.3. The summed E-state index contributed by atoms with van der Waals surface area (Å²) in [7, 11) is 0. The van der Waals surface area contributed by atoms with E-state index in [1.54, 1.807) is 11.1 Å². The fraction of sp³-hybridized carbons (Fsp3) is 0.333. The van der Waals surface area contributed by atoms with Crippen LogP contribution in [0.2, 0.25) is 0 Å². The van der Waals surface area contributed by atoms with Gasteiger partial charge in [-0.25, -0.2) is 4.79 Å². The zero-order valence-electron chi connectivity index (χ0n) is 13.3. The summed E-state index contributed by atoms with van der Waals surface area (Å²) in [5.41, 5.74) is 2.81. The van der Waals surface area contributed by atoms with E-state index in [-0.39, 0.29) is 12.1 Å². The second-order valence-electron chi connectivity index (χ2n) is 6.02. The molecular formula is C18H19N3O3. The molecule has 4 rings (SSSR count). The van der Waals surface area contributed by atoms with E-state index >= 15 is 0 Å². The fourth-order valence-electron chi connectivity index (χ4n) is 2.88. The minimum atomic E-state index is -0.124. The van der Waals surface area contributed by atoms with Crippen LogP contribution in [0, 0.1) is 0 Å². The molecule has 1 N–H and O–H groups in total. The third-order valence-corrected chi connectivity index (χ3v) is 4.23. The lowest BCUT2D eigenvalue weighted by atomic mass is 10.1. The first kappa shape index (κ1) is 15.0. The highest BCUT2D eigenvalue weighted by Crippen LogP contribution is 2.21. The molecule has 0 radical (unpaired) electrons. The molecule has 0 atom stereocenters. The molecule has 0 bridgehead atoms. The number of amides is 2. The number of pyridine rings is 1. The number of hydrogen-bond donors (Lipinski definition) is 1. The normalized spacial score (nSPS) is 16.9. The lowest BCUT2D eigenvalue weighted by molar-refractivity contribution is 0.0493. The molecule has 2 aromatic rings. The predicted molar refractivity (Wildman–Crippen MR) is 89.0 cm³/mol. The number of carbonyl (C=O) groups excluding carboxylic acids is 1. The van der Waals surface area contributed by atoms with E-state index in [1.165, 1.54) is 0 Å². The molecule has 0 unspecified atom stereocenters. The van der Waals surface area contributed by atoms with Crippen molar-refractivity contribution in [2.75, 3.05) is 25.0 Å². The van der Waals surface area contributed by atoms with Crippen molar-refractivity contribution in [1.29, 1.82) is 0 Å². The van der Waals surface area contributed by atoms with E-state index in [4.69, 9.17) is 9.47 Å². The Hall–Kier alpha value is -2.60. The van der Waals surface area contributed by atoms with Gasteiger partial charge in [0, 0.05) is 17.7 Å². The standard InChI is InChI=1S/C18H19N3O3/c22-18(20-14-8-13-12-23-7-6-17(13)19-9-14)21-10-16(11-21)24-15-4-2-1-3-5-15/h1-5,8-9,16H,6-7,10-12H2,(H,20,22). The van der Waals surface area contributed by atoms with Gasteiger partial charge in [-0.15, -0.1) is 0 Å². The van der Waals surface area contributed by atoms with Gasteiger partial charge in [0.1, 0.15) is 11.9 Å². The summed E-state index contributed by atoms with van der Waals surface area (Å²) in [4.78, 5) is 18.4. The smallest absolute Gasteiger partial charge is 0.322 e. The molecule has 1 aromatic heterocycles. The van der Waals surface area contributed by atoms with E-state index in [1.807, 2.05) is 36.4 Å². The number of nitrogens with one attached hydrogen (secondary N) is 1. The maximum atomic E-state index is 12.3. The van der Waals surface area contributed by atoms with Crippen molar-refractivity contribution in [2.45, 2.75) is 19.1 Å². The first-order valence-corrected chi connectivity index (χ1v) is 8.11. The summed E-state index contributed by atoms with van der Waals surface area (Å²) < 4.78 is 11.2. The topological polar surface area (TPSA) is 63.7 Å². The number of anilines is 1. The summed E-state index contributed by atoms with van der Waals surface area (Å²) in [6.45, 7) is 2.44. The van der Waals surface area contributed by atoms with Crippen LogP contribution in [-0.4, -0.2) is 41.7 Å². The number of urea groups is 1. The van der Waals surface area contributed by atoms with E-state index < -0.39 is 0 Å². The summed E-state index contributed by atoms with van der Waals surface area (Å²) in [5, 5.41) is 2.89. The van der Waals surface area contributed by atoms with Crippen LogP contribution in [0.25, 0.3) is 0 Å². The number of ether oxygens (including phenoxy) is 2. The molecule has 2 aliphatic heterocycles. The Kier molecular flexibility index (Phi) is 4.04. The van der Waals surface area contributed by atoms with E-state index in [2.05, 4.69) is 10.3 Å². The van der Waals surface area contributed by atoms with Crippen LogP contribution < -0.4 is 10.1 Å². The average Bonchev–Trinajstić information content (AvgIpc) is 2.58. The lowest BCUT2D eigenvalue weighted by Crippen LogP contribution is -2.57. The number of likely N-dealkylation sites (tertiary alicyclic amines) is 1. The molecule has 6 nitrogen and oxygen atoms in total. The molecule has 1 aromatic carbocycles. The monoisotopic (exact) mass is 325 g/mol. The first-order chi connectivity index (χ1) is 11.8. The van der Waals surface area contributed by atoms with Gasteiger partial charge in [0.2, 0.25) is 0 Å². The number of rotatable bonds is 3. The fourth-order valence-corrected chi connectivity index (χ4v) is 2.88. The van der Waals surface area contributed by atoms with Crippen molar-refractivity contribution in [1.82, 2.24) is 9.88 Å². The van der Waals surface area contributed by atoms with Crippen LogP contribution in [-0.2, 0) is 17.8 Å². The Bertz CT molecular complexity index is 730. The molecule has 2 amide bonds. The van der Waals surface area contributed by atoms with Crippen molar-refractivity contribution in [3.63, 3.8) is 0 Å². The molecule has 2 aliphatic rings. The molecule has 6 heteroatoms. The average molecular weight is 325 g/mol. The summed E-state index contributed by atoms with van der Waals surface area (Å²) >= 11 is 0. The quantitative estimate of drug-likeness (QED) is 0.941. The SMILES string of the molecule is O=C(Nc1cnc2c(c1)COCC2)N1CC(Oc2ccccc2)C1. The Morgan fingerprint density at radius 3 is 2.96 bits per heavy atom. The summed E-state index contributed by atoms with van der Waals surface area (Å²) in [6, 6.07) is 11.5. The molecule has 124 valence electrons. The van der Waals surface area contributed by atoms with Crippen LogP contribution in [0.5, 0.6) is 5.75 Å². The van der Waals surface area contributed by atoms with Gasteiger partial charge in [-0.2, -0.15) is 0 Å². The van der Waals surface area contributed by atoms with Crippen molar-refractivity contribution in [3.8, 4) is 5.75 Å². The number of benzene rings is 1. The van der Waals surface area contributed by atoms with Crippen molar-refractivity contribution >= 4 is 11.7 Å². The van der Waals surface area contributed by atoms with Crippen LogP contribution >= 0.6 is 0 Å². The number of fused-ring (bicyclic) bond motifs is 1. The highest BCUT2D eigenvalue weighted by atomic mass is 16.5. The Morgan fingerprint density at radius 2 is 2.12 bits per heavy atom. The van der Waals surface area contributed by atoms with Gasteiger partial charge in [0.05, 0.1) is 38.2 Å². The molecule has 3 heterocycles. The predicted octanol–water partition coefficient (Wildman–Crippen LogP) is 2.45. The molecule has 0 saturated carbocycles. The van der Waals surface area contributed by atoms with E-state index in [9.17, 15) is 4.79 Å². The van der Waals surface area contributed by atoms with Gasteiger partial charge in [-0.05, 0) is 18.2 Å². The molecule has 0 spiro atoms. The van der Waals surface area contributed by atoms with Gasteiger partial charge in [-0.3, -0.25) is 4.98 Å². The van der Waals surface area contributed by atoms with Crippen LogP contribution in [0.1, 0.15) is 11.3 Å². The number of hydrogen-bond acceptors (Lipinski definition) is 4. The minimum Gasteiger partial charge on any atom is -0.487 e. The van der Waals surface area contributed by atoms with Gasteiger partial charge in [-0.1, -0.05) is 18.2 Å². The zero-order chi connectivity index (χ0) is 16.4. The summed E-state index contributed by atoms with van der Waals surface area (Å²) in [5.74, 6) is 0.835. The molecule has 1 saturated heterocycles. The number of carbonyl (C=O) groups is 1. The maximum Gasteiger partial charge on any atom is 0.322 e. The molecule has 24 heavy (non-hydrogen) atoms. The lowest BCUT2D eigenvalue weighted by Gasteiger charge is -2.38. The molecular weight excluding hydrogens is 306 g/mol. The van der Waals surface area contributed by atoms with Crippen LogP contribution in [0.3, 0.4) is 0 Å². The van der Waals surface area contributed by atoms with Gasteiger partial charge < -0.3 is 19.7 Å². The number of nitrogens with zero attached hydrogens (tertiary/aromatic N) is 2. The highest BCUT2D eigenvalue weighted by Gasteiger charge is 2.32. The van der Waals surface area contributed by atoms with Crippen molar-refractivity contribution in [2.24, 2.45) is 0 Å². The van der Waals surface area contributed by atoms with Crippen LogP contribution in [0.4, 0.5) is 10.5 Å². The third kappa shape index (κ3) is 3.19. The largest absolute Gasteiger partial charge is 0.487 e. The minimum absolute atomic E-state index is 0.0493. The van der Waals surface area contributed by atoms with E-state index in [0.29, 0.717) is 32.0 Å². The molecule has 0 aliphatic carbocycles. The molecule has 1 fully saturated rings. The number of aromatic nitrogens is 1. The van der Waals surface area contributed by atoms with Crippen molar-refractivity contribution < 1.29 is 14.3 Å². The van der Waals surface area contributed by atoms with Crippen molar-refractivity contribution in [3.05, 3.63) is 53.9 Å². The van der Waals surface area contributed by atoms with Gasteiger partial charge in [0.25, 0.3) is 0 Å². The summed E-state index contributed by atoms with van der Waals surface area (Å²) in [6.07, 6.45) is 2.58. The third-order valence-electron chi connectivity index (χ3n) is 4.23. The number of para-hydroxylation sites is 1. The Morgan fingerprint density at radius 1 is 1.29 bits per heavy atom. The van der Waals surface area contributed by atoms with Crippen LogP contribution in [0.15, 0.2) is 42.6 Å². The second-order valence-corrected chi connectivity index (χ2v) is 6.02. The first-order valence-electron chi connectivity index (χ1n) is 8.11. The van der Waals surface area contributed by atoms with E-state index in [0.717, 1.165) is 23.4 Å². The Labute approximate surface area is 140 Å². The second kappa shape index (κ2) is 6.49. The highest BCUT2D eigenvalue weighted by molar-refractivity contribution is 5.89. The van der Waals surface area contributed by atoms with Gasteiger partial charge >= 0.3 is 6.03 Å². The Balaban J connectivity index is 1.30. The zero-order valence-corrected chi connectivity index (χ0v) is 13.3. The van der Waals surface area contributed by atoms with Gasteiger partial charge in [0.15, 0.2) is 0 Å².